The van der Waals surface area contributed by atoms with Crippen molar-refractivity contribution in [3.63, 3.8) is 0 Å². The summed E-state index contributed by atoms with van der Waals surface area (Å²) in [5, 5.41) is 8.33. The predicted octanol–water partition coefficient (Wildman–Crippen LogP) is 13.4. The largest absolute Gasteiger partial charge is 0.243 e. The van der Waals surface area contributed by atoms with Gasteiger partial charge >= 0.3 is 0 Å². The summed E-state index contributed by atoms with van der Waals surface area (Å²) in [6.45, 7) is 21.9. The average molecular weight is 709 g/mol. The number of aromatic nitrogens is 2. The van der Waals surface area contributed by atoms with Gasteiger partial charge in [-0.15, -0.1) is 45.3 Å². The van der Waals surface area contributed by atoms with Crippen LogP contribution in [-0.2, 0) is 23.7 Å². The van der Waals surface area contributed by atoms with Crippen LogP contribution < -0.4 is 0 Å². The van der Waals surface area contributed by atoms with Gasteiger partial charge in [0.25, 0.3) is 0 Å². The highest BCUT2D eigenvalue weighted by atomic mass is 32.1. The fraction of sp³-hybridized carbons (Fsp3) is 0.421. The van der Waals surface area contributed by atoms with Gasteiger partial charge in [-0.1, -0.05) is 69.2 Å². The van der Waals surface area contributed by atoms with Gasteiger partial charge in [0.05, 0.1) is 11.1 Å². The molecule has 0 saturated heterocycles. The molecule has 0 aliphatic carbocycles. The van der Waals surface area contributed by atoms with E-state index in [1.807, 2.05) is 23.5 Å². The standard InChI is InChI=1S/C38H42F2N2OS4/c1-19(2)15-21-17-26(46-35(21)25-12-11-23(44-25)24-13-14-28(45-24)37(5,6)7)29-31(39)32(40)30(34-33(29)41-43-42-34)27-18-22(16-20(3)4)36(47-27)38(8,9)10/h11-14,17-20H,15-16H2,1-10H3. The van der Waals surface area contributed by atoms with Crippen molar-refractivity contribution in [2.45, 2.75) is 92.9 Å². The number of rotatable bonds is 8. The van der Waals surface area contributed by atoms with Gasteiger partial charge in [0.15, 0.2) is 11.6 Å². The lowest BCUT2D eigenvalue weighted by Crippen LogP contribution is -2.12. The summed E-state index contributed by atoms with van der Waals surface area (Å²) in [6.07, 6.45) is 1.68. The molecule has 9 heteroatoms. The summed E-state index contributed by atoms with van der Waals surface area (Å²) in [5.74, 6) is -1.01. The maximum atomic E-state index is 16.5. The molecule has 1 aromatic carbocycles. The molecule has 47 heavy (non-hydrogen) atoms. The lowest BCUT2D eigenvalue weighted by atomic mass is 9.89. The first-order chi connectivity index (χ1) is 22.0. The van der Waals surface area contributed by atoms with Crippen molar-refractivity contribution >= 4 is 56.4 Å². The summed E-state index contributed by atoms with van der Waals surface area (Å²) >= 11 is 6.56. The van der Waals surface area contributed by atoms with E-state index >= 15 is 8.78 Å². The Morgan fingerprint density at radius 3 is 1.68 bits per heavy atom. The second-order valence-electron chi connectivity index (χ2n) is 15.3. The zero-order valence-electron chi connectivity index (χ0n) is 28.7. The second-order valence-corrected chi connectivity index (χ2v) is 19.6. The van der Waals surface area contributed by atoms with Crippen LogP contribution in [-0.4, -0.2) is 10.3 Å². The molecule has 0 bridgehead atoms. The molecule has 0 fully saturated rings. The third kappa shape index (κ3) is 6.65. The number of halogens is 2. The van der Waals surface area contributed by atoms with Crippen LogP contribution in [0, 0.1) is 23.5 Å². The normalized spacial score (nSPS) is 12.8. The SMILES string of the molecule is CC(C)Cc1cc(-c2c(F)c(F)c(-c3cc(CC(C)C)c(C(C)(C)C)s3)c3nonc23)sc1-c1ccc(-c2ccc(C(C)(C)C)s2)s1. The van der Waals surface area contributed by atoms with E-state index in [0.717, 1.165) is 33.7 Å². The molecular formula is C38H42F2N2OS4. The Labute approximate surface area is 292 Å². The Hall–Kier alpha value is -2.72. The van der Waals surface area contributed by atoms with E-state index in [1.54, 1.807) is 11.3 Å². The van der Waals surface area contributed by atoms with Crippen LogP contribution in [0.2, 0.25) is 0 Å². The highest BCUT2D eigenvalue weighted by Crippen LogP contribution is 2.49. The van der Waals surface area contributed by atoms with Gasteiger partial charge in [-0.2, -0.15) is 0 Å². The molecule has 6 aromatic rings. The van der Waals surface area contributed by atoms with Crippen LogP contribution in [0.1, 0.15) is 90.1 Å². The zero-order chi connectivity index (χ0) is 34.0. The van der Waals surface area contributed by atoms with Crippen LogP contribution in [0.15, 0.2) is 41.0 Å². The number of hydrogen-bond acceptors (Lipinski definition) is 7. The maximum Gasteiger partial charge on any atom is 0.170 e. The highest BCUT2D eigenvalue weighted by Gasteiger charge is 2.31. The van der Waals surface area contributed by atoms with E-state index in [0.29, 0.717) is 21.6 Å². The monoisotopic (exact) mass is 708 g/mol. The van der Waals surface area contributed by atoms with E-state index in [9.17, 15) is 0 Å². The summed E-state index contributed by atoms with van der Waals surface area (Å²) in [4.78, 5) is 8.45. The summed E-state index contributed by atoms with van der Waals surface area (Å²) in [7, 11) is 0. The van der Waals surface area contributed by atoms with Crippen molar-refractivity contribution in [2.24, 2.45) is 11.8 Å². The van der Waals surface area contributed by atoms with E-state index in [1.165, 1.54) is 42.2 Å². The van der Waals surface area contributed by atoms with Crippen molar-refractivity contribution in [1.29, 1.82) is 0 Å². The van der Waals surface area contributed by atoms with Gasteiger partial charge in [0, 0.05) is 39.0 Å². The molecular weight excluding hydrogens is 667 g/mol. The van der Waals surface area contributed by atoms with E-state index < -0.39 is 11.6 Å². The number of nitrogens with zero attached hydrogens (tertiary/aromatic N) is 2. The molecule has 0 spiro atoms. The molecule has 5 heterocycles. The number of benzene rings is 1. The smallest absolute Gasteiger partial charge is 0.170 e. The average Bonchev–Trinajstić information content (AvgIpc) is 3.76. The van der Waals surface area contributed by atoms with Crippen molar-refractivity contribution in [3.8, 4) is 40.4 Å². The molecule has 6 rings (SSSR count). The van der Waals surface area contributed by atoms with E-state index in [-0.39, 0.29) is 33.0 Å². The Morgan fingerprint density at radius 2 is 1.13 bits per heavy atom. The highest BCUT2D eigenvalue weighted by molar-refractivity contribution is 7.27. The molecule has 0 amide bonds. The quantitative estimate of drug-likeness (QED) is 0.158. The van der Waals surface area contributed by atoms with Crippen molar-refractivity contribution < 1.29 is 13.4 Å². The Balaban J connectivity index is 1.47. The molecule has 0 radical (unpaired) electrons. The first kappa shape index (κ1) is 34.2. The van der Waals surface area contributed by atoms with Crippen molar-refractivity contribution in [2.75, 3.05) is 0 Å². The molecule has 0 atom stereocenters. The molecule has 248 valence electrons. The van der Waals surface area contributed by atoms with Crippen LogP contribution in [0.4, 0.5) is 8.78 Å². The minimum atomic E-state index is -0.914. The van der Waals surface area contributed by atoms with Crippen LogP contribution >= 0.6 is 45.3 Å². The van der Waals surface area contributed by atoms with Crippen LogP contribution in [0.25, 0.3) is 51.4 Å². The van der Waals surface area contributed by atoms with Gasteiger partial charge in [0.1, 0.15) is 11.0 Å². The zero-order valence-corrected chi connectivity index (χ0v) is 32.0. The fourth-order valence-corrected chi connectivity index (χ4v) is 10.8. The van der Waals surface area contributed by atoms with Crippen molar-refractivity contribution in [1.82, 2.24) is 10.3 Å². The van der Waals surface area contributed by atoms with Gasteiger partial charge in [-0.25, -0.2) is 13.4 Å². The lowest BCUT2D eigenvalue weighted by Gasteiger charge is -2.19. The lowest BCUT2D eigenvalue weighted by molar-refractivity contribution is 0.315. The first-order valence-corrected chi connectivity index (χ1v) is 19.4. The van der Waals surface area contributed by atoms with E-state index in [4.69, 9.17) is 4.63 Å². The van der Waals surface area contributed by atoms with Gasteiger partial charge in [-0.05, 0) is 93.3 Å². The molecule has 0 unspecified atom stereocenters. The molecule has 3 nitrogen and oxygen atoms in total. The third-order valence-electron chi connectivity index (χ3n) is 8.06. The predicted molar refractivity (Wildman–Crippen MR) is 199 cm³/mol. The second kappa shape index (κ2) is 12.6. The van der Waals surface area contributed by atoms with Gasteiger partial charge < -0.3 is 0 Å². The molecule has 0 N–H and O–H groups in total. The number of thiophene rings is 4. The topological polar surface area (TPSA) is 38.9 Å². The van der Waals surface area contributed by atoms with Crippen LogP contribution in [0.5, 0.6) is 0 Å². The van der Waals surface area contributed by atoms with Crippen molar-refractivity contribution in [3.05, 3.63) is 68.9 Å². The number of hydrogen-bond donors (Lipinski definition) is 0. The molecule has 0 aliphatic rings. The van der Waals surface area contributed by atoms with Gasteiger partial charge in [0.2, 0.25) is 0 Å². The van der Waals surface area contributed by atoms with E-state index in [2.05, 4.69) is 104 Å². The Bertz CT molecular complexity index is 2060. The molecule has 0 saturated carbocycles. The Kier molecular flexibility index (Phi) is 9.17. The summed E-state index contributed by atoms with van der Waals surface area (Å²) < 4.78 is 38.1. The fourth-order valence-electron chi connectivity index (χ4n) is 5.99. The van der Waals surface area contributed by atoms with Gasteiger partial charge in [-0.3, -0.25) is 0 Å². The minimum Gasteiger partial charge on any atom is -0.243 e. The summed E-state index contributed by atoms with van der Waals surface area (Å²) in [5.41, 5.74) is 2.99. The number of fused-ring (bicyclic) bond motifs is 1. The first-order valence-electron chi connectivity index (χ1n) is 16.1. The van der Waals surface area contributed by atoms with Crippen LogP contribution in [0.3, 0.4) is 0 Å². The molecule has 5 aromatic heterocycles. The Morgan fingerprint density at radius 1 is 0.617 bits per heavy atom. The third-order valence-corrected chi connectivity index (χ3v) is 13.8. The maximum absolute atomic E-state index is 16.5. The molecule has 0 aliphatic heterocycles. The minimum absolute atomic E-state index is 0.0983. The summed E-state index contributed by atoms with van der Waals surface area (Å²) in [6, 6.07) is 12.8.